The minimum atomic E-state index is -0.355. The van der Waals surface area contributed by atoms with Crippen LogP contribution < -0.4 is 0 Å². The Kier molecular flexibility index (Phi) is 5.43. The monoisotopic (exact) mass is 226 g/mol. The van der Waals surface area contributed by atoms with Crippen molar-refractivity contribution in [1.29, 1.82) is 0 Å². The highest BCUT2D eigenvalue weighted by molar-refractivity contribution is 5.25. The predicted octanol–water partition coefficient (Wildman–Crippen LogP) is 3.08. The number of hydrogen-bond acceptors (Lipinski definition) is 2. The van der Waals surface area contributed by atoms with E-state index in [2.05, 4.69) is 0 Å². The average Bonchev–Trinajstić information content (AvgIpc) is 2.25. The van der Waals surface area contributed by atoms with Crippen LogP contribution in [0, 0.1) is 12.7 Å². The first-order valence-corrected chi connectivity index (χ1v) is 5.66. The number of ether oxygens (including phenoxy) is 2. The quantitative estimate of drug-likeness (QED) is 0.694. The van der Waals surface area contributed by atoms with Gasteiger partial charge in [-0.25, -0.2) is 4.39 Å². The third-order valence-electron chi connectivity index (χ3n) is 2.36. The highest BCUT2D eigenvalue weighted by Gasteiger charge is 2.13. The van der Waals surface area contributed by atoms with Gasteiger partial charge < -0.3 is 9.47 Å². The maximum absolute atomic E-state index is 13.7. The van der Waals surface area contributed by atoms with Gasteiger partial charge in [-0.05, 0) is 31.9 Å². The third kappa shape index (κ3) is 3.58. The summed E-state index contributed by atoms with van der Waals surface area (Å²) in [5.74, 6) is -0.160. The smallest absolute Gasteiger partial charge is 0.161 e. The van der Waals surface area contributed by atoms with E-state index >= 15 is 0 Å². The molecule has 0 aliphatic carbocycles. The zero-order valence-corrected chi connectivity index (χ0v) is 10.1. The van der Waals surface area contributed by atoms with E-state index in [-0.39, 0.29) is 12.1 Å². The minimum Gasteiger partial charge on any atom is -0.353 e. The number of rotatable bonds is 6. The topological polar surface area (TPSA) is 18.5 Å². The van der Waals surface area contributed by atoms with Crippen molar-refractivity contribution >= 4 is 0 Å². The average molecular weight is 226 g/mol. The van der Waals surface area contributed by atoms with E-state index < -0.39 is 0 Å². The summed E-state index contributed by atoms with van der Waals surface area (Å²) in [7, 11) is 0. The number of halogens is 1. The van der Waals surface area contributed by atoms with Crippen molar-refractivity contribution < 1.29 is 13.9 Å². The summed E-state index contributed by atoms with van der Waals surface area (Å²) in [5.41, 5.74) is 1.30. The van der Waals surface area contributed by atoms with Crippen LogP contribution in [0.25, 0.3) is 0 Å². The van der Waals surface area contributed by atoms with Crippen LogP contribution in [0.15, 0.2) is 18.2 Å². The van der Waals surface area contributed by atoms with E-state index in [1.54, 1.807) is 19.1 Å². The Morgan fingerprint density at radius 1 is 1.19 bits per heavy atom. The Bertz CT molecular complexity index is 320. The molecule has 0 amide bonds. The van der Waals surface area contributed by atoms with Crippen LogP contribution in [-0.2, 0) is 15.9 Å². The van der Waals surface area contributed by atoms with E-state index in [1.807, 2.05) is 19.9 Å². The fourth-order valence-corrected chi connectivity index (χ4v) is 1.58. The molecule has 1 aromatic rings. The number of benzene rings is 1. The maximum atomic E-state index is 13.7. The molecule has 0 heterocycles. The van der Waals surface area contributed by atoms with Gasteiger partial charge in [0.05, 0.1) is 0 Å². The second-order valence-corrected chi connectivity index (χ2v) is 3.59. The molecule has 1 rings (SSSR count). The molecule has 1 aromatic carbocycles. The van der Waals surface area contributed by atoms with Crippen LogP contribution >= 0.6 is 0 Å². The summed E-state index contributed by atoms with van der Waals surface area (Å²) in [4.78, 5) is 0. The lowest BCUT2D eigenvalue weighted by Crippen LogP contribution is -2.20. The molecule has 0 fully saturated rings. The second-order valence-electron chi connectivity index (χ2n) is 3.59. The summed E-state index contributed by atoms with van der Waals surface area (Å²) in [6.07, 6.45) is 0.0983. The van der Waals surface area contributed by atoms with Gasteiger partial charge in [0.2, 0.25) is 0 Å². The Hall–Kier alpha value is -0.930. The first-order valence-electron chi connectivity index (χ1n) is 5.66. The van der Waals surface area contributed by atoms with E-state index in [9.17, 15) is 4.39 Å². The predicted molar refractivity (Wildman–Crippen MR) is 61.9 cm³/mol. The highest BCUT2D eigenvalue weighted by Crippen LogP contribution is 2.15. The zero-order valence-electron chi connectivity index (χ0n) is 10.1. The molecule has 0 radical (unpaired) electrons. The Morgan fingerprint density at radius 2 is 1.81 bits per heavy atom. The molecule has 16 heavy (non-hydrogen) atoms. The fourth-order valence-electron chi connectivity index (χ4n) is 1.58. The highest BCUT2D eigenvalue weighted by atomic mass is 19.1. The van der Waals surface area contributed by atoms with Crippen molar-refractivity contribution in [2.45, 2.75) is 33.5 Å². The molecule has 0 N–H and O–H groups in total. The summed E-state index contributed by atoms with van der Waals surface area (Å²) >= 11 is 0. The lowest BCUT2D eigenvalue weighted by molar-refractivity contribution is -0.134. The van der Waals surface area contributed by atoms with E-state index in [0.29, 0.717) is 30.8 Å². The molecule has 0 bridgehead atoms. The van der Waals surface area contributed by atoms with E-state index in [1.165, 1.54) is 0 Å². The van der Waals surface area contributed by atoms with Gasteiger partial charge in [-0.15, -0.1) is 0 Å². The molecule has 0 atom stereocenters. The standard InChI is InChI=1S/C13H19FO2/c1-4-15-12(16-5-2)9-11-8-6-7-10(3)13(11)14/h6-8,12H,4-5,9H2,1-3H3. The zero-order chi connectivity index (χ0) is 12.0. The number of hydrogen-bond donors (Lipinski definition) is 0. The SMILES string of the molecule is CCOC(Cc1cccc(C)c1F)OCC. The Balaban J connectivity index is 2.72. The Labute approximate surface area is 96.4 Å². The molecule has 0 aliphatic heterocycles. The summed E-state index contributed by atoms with van der Waals surface area (Å²) < 4.78 is 24.5. The van der Waals surface area contributed by atoms with Crippen LogP contribution in [0.5, 0.6) is 0 Å². The third-order valence-corrected chi connectivity index (χ3v) is 2.36. The largest absolute Gasteiger partial charge is 0.353 e. The molecule has 90 valence electrons. The molecule has 0 spiro atoms. The normalized spacial score (nSPS) is 11.1. The van der Waals surface area contributed by atoms with Gasteiger partial charge in [0, 0.05) is 19.6 Å². The molecular formula is C13H19FO2. The van der Waals surface area contributed by atoms with Crippen LogP contribution in [-0.4, -0.2) is 19.5 Å². The first kappa shape index (κ1) is 13.1. The maximum Gasteiger partial charge on any atom is 0.161 e. The van der Waals surface area contributed by atoms with Crippen LogP contribution in [0.3, 0.4) is 0 Å². The van der Waals surface area contributed by atoms with Crippen LogP contribution in [0.2, 0.25) is 0 Å². The Morgan fingerprint density at radius 3 is 2.38 bits per heavy atom. The molecule has 3 heteroatoms. The molecule has 0 aliphatic rings. The van der Waals surface area contributed by atoms with Gasteiger partial charge in [-0.3, -0.25) is 0 Å². The van der Waals surface area contributed by atoms with Crippen molar-refractivity contribution in [1.82, 2.24) is 0 Å². The van der Waals surface area contributed by atoms with E-state index in [4.69, 9.17) is 9.47 Å². The lowest BCUT2D eigenvalue weighted by Gasteiger charge is -2.17. The minimum absolute atomic E-state index is 0.160. The molecule has 0 saturated heterocycles. The van der Waals surface area contributed by atoms with Gasteiger partial charge in [-0.2, -0.15) is 0 Å². The van der Waals surface area contributed by atoms with Gasteiger partial charge in [0.15, 0.2) is 6.29 Å². The molecule has 0 saturated carbocycles. The molecular weight excluding hydrogens is 207 g/mol. The van der Waals surface area contributed by atoms with Crippen molar-refractivity contribution in [3.05, 3.63) is 35.1 Å². The van der Waals surface area contributed by atoms with Gasteiger partial charge in [0.1, 0.15) is 5.82 Å². The van der Waals surface area contributed by atoms with Gasteiger partial charge >= 0.3 is 0 Å². The van der Waals surface area contributed by atoms with Crippen molar-refractivity contribution in [2.75, 3.05) is 13.2 Å². The molecule has 0 unspecified atom stereocenters. The lowest BCUT2D eigenvalue weighted by atomic mass is 10.1. The summed E-state index contributed by atoms with van der Waals surface area (Å²) in [5, 5.41) is 0. The van der Waals surface area contributed by atoms with Crippen molar-refractivity contribution in [2.24, 2.45) is 0 Å². The molecule has 0 aromatic heterocycles. The summed E-state index contributed by atoms with van der Waals surface area (Å²) in [6, 6.07) is 5.38. The number of aryl methyl sites for hydroxylation is 1. The van der Waals surface area contributed by atoms with Crippen molar-refractivity contribution in [3.8, 4) is 0 Å². The van der Waals surface area contributed by atoms with Gasteiger partial charge in [0.25, 0.3) is 0 Å². The summed E-state index contributed by atoms with van der Waals surface area (Å²) in [6.45, 7) is 6.70. The first-order chi connectivity index (χ1) is 7.69. The van der Waals surface area contributed by atoms with Crippen LogP contribution in [0.4, 0.5) is 4.39 Å². The second kappa shape index (κ2) is 6.61. The van der Waals surface area contributed by atoms with Crippen LogP contribution in [0.1, 0.15) is 25.0 Å². The van der Waals surface area contributed by atoms with E-state index in [0.717, 1.165) is 0 Å². The fraction of sp³-hybridized carbons (Fsp3) is 0.538. The van der Waals surface area contributed by atoms with Crippen molar-refractivity contribution in [3.63, 3.8) is 0 Å². The van der Waals surface area contributed by atoms with Gasteiger partial charge in [-0.1, -0.05) is 18.2 Å². The molecule has 2 nitrogen and oxygen atoms in total.